The van der Waals surface area contributed by atoms with Crippen LogP contribution in [0.4, 0.5) is 13.2 Å². The molecule has 0 spiro atoms. The summed E-state index contributed by atoms with van der Waals surface area (Å²) in [4.78, 5) is 11.9. The number of carbonyl (C=O) groups is 1. The number of carbonyl (C=O) groups excluding carboxylic acids is 1. The lowest BCUT2D eigenvalue weighted by molar-refractivity contribution is -0.116. The Morgan fingerprint density at radius 1 is 1.11 bits per heavy atom. The van der Waals surface area contributed by atoms with E-state index in [1.807, 2.05) is 0 Å². The summed E-state index contributed by atoms with van der Waals surface area (Å²) in [5.41, 5.74) is -0.121. The van der Waals surface area contributed by atoms with E-state index in [1.54, 1.807) is 30.3 Å². The molecule has 1 amide bonds. The molecule has 0 bridgehead atoms. The summed E-state index contributed by atoms with van der Waals surface area (Å²) in [7, 11) is 0. The first kappa shape index (κ1) is 20.1. The second kappa shape index (κ2) is 9.48. The van der Waals surface area contributed by atoms with E-state index in [4.69, 9.17) is 11.2 Å². The lowest BCUT2D eigenvalue weighted by Crippen LogP contribution is -2.25. The molecule has 0 unspecified atom stereocenters. The number of halogens is 3. The average Bonchev–Trinajstić information content (AvgIpc) is 2.65. The number of nitrogens with one attached hydrogen (secondary N) is 1. The van der Waals surface area contributed by atoms with Crippen LogP contribution >= 0.6 is 0 Å². The van der Waals surface area contributed by atoms with Gasteiger partial charge in [-0.2, -0.15) is 13.2 Å². The smallest absolute Gasteiger partial charge is 0.417 e. The molecule has 0 aromatic heterocycles. The van der Waals surface area contributed by atoms with Crippen LogP contribution < -0.4 is 10.1 Å². The third-order valence-electron chi connectivity index (χ3n) is 3.62. The van der Waals surface area contributed by atoms with Crippen LogP contribution in [0, 0.1) is 12.3 Å². The maximum Gasteiger partial charge on any atom is 0.417 e. The SMILES string of the molecule is C#CCOc1ccc(CCNC(=O)/C=C(\c2ccccc2)C(F)(F)F)cc1. The minimum Gasteiger partial charge on any atom is -0.481 e. The van der Waals surface area contributed by atoms with Crippen LogP contribution in [0.15, 0.2) is 60.7 Å². The Balaban J connectivity index is 1.94. The zero-order chi connectivity index (χ0) is 19.7. The van der Waals surface area contributed by atoms with E-state index in [1.165, 1.54) is 24.3 Å². The first-order chi connectivity index (χ1) is 12.9. The van der Waals surface area contributed by atoms with Gasteiger partial charge in [0.2, 0.25) is 5.91 Å². The molecule has 0 radical (unpaired) electrons. The van der Waals surface area contributed by atoms with Gasteiger partial charge in [-0.3, -0.25) is 4.79 Å². The molecule has 140 valence electrons. The fourth-order valence-corrected chi connectivity index (χ4v) is 2.34. The second-order valence-corrected chi connectivity index (χ2v) is 5.60. The van der Waals surface area contributed by atoms with Crippen molar-refractivity contribution in [3.05, 3.63) is 71.8 Å². The van der Waals surface area contributed by atoms with Crippen LogP contribution in [0.2, 0.25) is 0 Å². The van der Waals surface area contributed by atoms with E-state index < -0.39 is 17.7 Å². The summed E-state index contributed by atoms with van der Waals surface area (Å²) in [6.45, 7) is 0.379. The summed E-state index contributed by atoms with van der Waals surface area (Å²) in [6.07, 6.45) is 1.55. The molecule has 6 heteroatoms. The van der Waals surface area contributed by atoms with Gasteiger partial charge in [0.25, 0.3) is 0 Å². The summed E-state index contributed by atoms with van der Waals surface area (Å²) >= 11 is 0. The third-order valence-corrected chi connectivity index (χ3v) is 3.62. The molecule has 0 saturated heterocycles. The molecule has 1 N–H and O–H groups in total. The van der Waals surface area contributed by atoms with E-state index in [9.17, 15) is 18.0 Å². The molecule has 27 heavy (non-hydrogen) atoms. The zero-order valence-electron chi connectivity index (χ0n) is 14.4. The lowest BCUT2D eigenvalue weighted by Gasteiger charge is -2.12. The summed E-state index contributed by atoms with van der Waals surface area (Å²) in [5, 5.41) is 2.48. The normalized spacial score (nSPS) is 11.6. The van der Waals surface area contributed by atoms with E-state index in [0.29, 0.717) is 18.2 Å². The Morgan fingerprint density at radius 3 is 2.37 bits per heavy atom. The van der Waals surface area contributed by atoms with Gasteiger partial charge in [-0.15, -0.1) is 6.42 Å². The fourth-order valence-electron chi connectivity index (χ4n) is 2.34. The van der Waals surface area contributed by atoms with Crippen LogP contribution in [0.1, 0.15) is 11.1 Å². The number of allylic oxidation sites excluding steroid dienone is 1. The number of hydrogen-bond donors (Lipinski definition) is 1. The Bertz CT molecular complexity index is 819. The van der Waals surface area contributed by atoms with Gasteiger partial charge >= 0.3 is 6.18 Å². The highest BCUT2D eigenvalue weighted by Gasteiger charge is 2.35. The largest absolute Gasteiger partial charge is 0.481 e. The van der Waals surface area contributed by atoms with Crippen molar-refractivity contribution < 1.29 is 22.7 Å². The van der Waals surface area contributed by atoms with Gasteiger partial charge in [-0.1, -0.05) is 48.4 Å². The van der Waals surface area contributed by atoms with Gasteiger partial charge in [0.1, 0.15) is 12.4 Å². The highest BCUT2D eigenvalue weighted by Crippen LogP contribution is 2.33. The van der Waals surface area contributed by atoms with Crippen LogP contribution in [0.5, 0.6) is 5.75 Å². The number of amides is 1. The van der Waals surface area contributed by atoms with E-state index >= 15 is 0 Å². The van der Waals surface area contributed by atoms with Crippen LogP contribution in [0.3, 0.4) is 0 Å². The molecule has 0 atom stereocenters. The quantitative estimate of drug-likeness (QED) is 0.588. The standard InChI is InChI=1S/C21H18F3NO2/c1-2-14-27-18-10-8-16(9-11-18)12-13-25-20(26)15-19(21(22,23)24)17-6-4-3-5-7-17/h1,3-11,15H,12-14H2,(H,25,26)/b19-15+. The molecule has 0 aliphatic heterocycles. The average molecular weight is 373 g/mol. The summed E-state index contributed by atoms with van der Waals surface area (Å²) in [5.74, 6) is 2.19. The minimum atomic E-state index is -4.62. The molecule has 2 aromatic carbocycles. The molecule has 0 heterocycles. The van der Waals surface area contributed by atoms with Gasteiger partial charge in [-0.25, -0.2) is 0 Å². The Labute approximate surface area is 155 Å². The number of ether oxygens (including phenoxy) is 1. The summed E-state index contributed by atoms with van der Waals surface area (Å²) < 4.78 is 44.9. The lowest BCUT2D eigenvalue weighted by atomic mass is 10.1. The van der Waals surface area contributed by atoms with Crippen LogP contribution in [-0.2, 0) is 11.2 Å². The highest BCUT2D eigenvalue weighted by atomic mass is 19.4. The van der Waals surface area contributed by atoms with Crippen molar-refractivity contribution in [1.82, 2.24) is 5.32 Å². The van der Waals surface area contributed by atoms with E-state index in [2.05, 4.69) is 11.2 Å². The maximum atomic E-state index is 13.2. The molecule has 0 aliphatic carbocycles. The van der Waals surface area contributed by atoms with Crippen LogP contribution in [0.25, 0.3) is 5.57 Å². The van der Waals surface area contributed by atoms with Gasteiger partial charge in [-0.05, 0) is 29.7 Å². The van der Waals surface area contributed by atoms with Crippen molar-refractivity contribution in [2.45, 2.75) is 12.6 Å². The van der Waals surface area contributed by atoms with Crippen molar-refractivity contribution >= 4 is 11.5 Å². The first-order valence-corrected chi connectivity index (χ1v) is 8.17. The summed E-state index contributed by atoms with van der Waals surface area (Å²) in [6, 6.07) is 14.3. The van der Waals surface area contributed by atoms with Crippen molar-refractivity contribution in [1.29, 1.82) is 0 Å². The molecule has 0 fully saturated rings. The van der Waals surface area contributed by atoms with Crippen LogP contribution in [-0.4, -0.2) is 25.2 Å². The molecule has 0 aliphatic rings. The van der Waals surface area contributed by atoms with Gasteiger partial charge in [0.05, 0.1) is 5.57 Å². The van der Waals surface area contributed by atoms with Gasteiger partial charge in [0.15, 0.2) is 0 Å². The van der Waals surface area contributed by atoms with Gasteiger partial charge in [0, 0.05) is 12.6 Å². The van der Waals surface area contributed by atoms with Crippen molar-refractivity contribution in [3.63, 3.8) is 0 Å². The molecular formula is C21H18F3NO2. The minimum absolute atomic E-state index is 0.0530. The fraction of sp³-hybridized carbons (Fsp3) is 0.190. The molecule has 2 rings (SSSR count). The Hall–Kier alpha value is -3.20. The molecular weight excluding hydrogens is 355 g/mol. The Morgan fingerprint density at radius 2 is 1.78 bits per heavy atom. The monoisotopic (exact) mass is 373 g/mol. The predicted octanol–water partition coefficient (Wildman–Crippen LogP) is 4.00. The third kappa shape index (κ3) is 6.55. The highest BCUT2D eigenvalue weighted by molar-refractivity contribution is 5.96. The number of hydrogen-bond acceptors (Lipinski definition) is 2. The van der Waals surface area contributed by atoms with Crippen molar-refractivity contribution in [2.24, 2.45) is 0 Å². The Kier molecular flexibility index (Phi) is 7.07. The van der Waals surface area contributed by atoms with Crippen molar-refractivity contribution in [3.8, 4) is 18.1 Å². The topological polar surface area (TPSA) is 38.3 Å². The maximum absolute atomic E-state index is 13.2. The molecule has 3 nitrogen and oxygen atoms in total. The molecule has 0 saturated carbocycles. The number of benzene rings is 2. The number of terminal acetylenes is 1. The van der Waals surface area contributed by atoms with Gasteiger partial charge < -0.3 is 10.1 Å². The van der Waals surface area contributed by atoms with Crippen molar-refractivity contribution in [2.75, 3.05) is 13.2 Å². The first-order valence-electron chi connectivity index (χ1n) is 8.17. The number of rotatable bonds is 7. The zero-order valence-corrected chi connectivity index (χ0v) is 14.4. The van der Waals surface area contributed by atoms with E-state index in [0.717, 1.165) is 5.56 Å². The molecule has 2 aromatic rings. The second-order valence-electron chi connectivity index (χ2n) is 5.60. The predicted molar refractivity (Wildman–Crippen MR) is 98.0 cm³/mol. The number of alkyl halides is 3. The van der Waals surface area contributed by atoms with E-state index in [-0.39, 0.29) is 18.7 Å².